The maximum Gasteiger partial charge on any atom is 0.240 e. The molecule has 20 heavy (non-hydrogen) atoms. The number of hydrogen-bond donors (Lipinski definition) is 2. The van der Waals surface area contributed by atoms with Gasteiger partial charge >= 0.3 is 0 Å². The molecule has 114 valence electrons. The molecule has 0 saturated heterocycles. The molecule has 0 bridgehead atoms. The summed E-state index contributed by atoms with van der Waals surface area (Å²) >= 11 is 0. The molecule has 1 rings (SSSR count). The number of nitrogens with one attached hydrogen (secondary N) is 1. The molecule has 0 radical (unpaired) electrons. The van der Waals surface area contributed by atoms with Gasteiger partial charge in [0.1, 0.15) is 5.75 Å². The van der Waals surface area contributed by atoms with Crippen molar-refractivity contribution in [2.24, 2.45) is 5.73 Å². The predicted molar refractivity (Wildman–Crippen MR) is 80.3 cm³/mol. The summed E-state index contributed by atoms with van der Waals surface area (Å²) in [6.07, 6.45) is 1.43. The summed E-state index contributed by atoms with van der Waals surface area (Å²) in [5, 5.41) is 0. The quantitative estimate of drug-likeness (QED) is 0.768. The molecule has 0 aromatic heterocycles. The summed E-state index contributed by atoms with van der Waals surface area (Å²) in [5.41, 5.74) is 5.60. The van der Waals surface area contributed by atoms with Gasteiger partial charge in [0.15, 0.2) is 0 Å². The zero-order valence-corrected chi connectivity index (χ0v) is 13.2. The minimum absolute atomic E-state index is 0.193. The van der Waals surface area contributed by atoms with E-state index >= 15 is 0 Å². The molecule has 0 fully saturated rings. The molecule has 0 atom stereocenters. The summed E-state index contributed by atoms with van der Waals surface area (Å²) in [6.45, 7) is 6.47. The molecule has 3 N–H and O–H groups in total. The Morgan fingerprint density at radius 1 is 1.25 bits per heavy atom. The Morgan fingerprint density at radius 3 is 2.45 bits per heavy atom. The fourth-order valence-electron chi connectivity index (χ4n) is 1.72. The van der Waals surface area contributed by atoms with E-state index in [2.05, 4.69) is 4.72 Å². The van der Waals surface area contributed by atoms with E-state index in [-0.39, 0.29) is 11.4 Å². The highest BCUT2D eigenvalue weighted by atomic mass is 32.2. The van der Waals surface area contributed by atoms with Crippen LogP contribution in [0.25, 0.3) is 0 Å². The van der Waals surface area contributed by atoms with Crippen molar-refractivity contribution in [2.45, 2.75) is 44.0 Å². The molecule has 0 spiro atoms. The van der Waals surface area contributed by atoms with E-state index in [0.717, 1.165) is 0 Å². The van der Waals surface area contributed by atoms with Crippen molar-refractivity contribution >= 4 is 10.0 Å². The summed E-state index contributed by atoms with van der Waals surface area (Å²) in [4.78, 5) is 0.193. The van der Waals surface area contributed by atoms with Gasteiger partial charge in [-0.25, -0.2) is 13.1 Å². The minimum atomic E-state index is -3.56. The standard InChI is InChI=1S/C14H24N2O3S/c1-4-14(15,5-2)11-16-20(17,18)13-9-7-8-12(10-13)19-6-3/h7-10,16H,4-6,11,15H2,1-3H3. The lowest BCUT2D eigenvalue weighted by atomic mass is 9.95. The van der Waals surface area contributed by atoms with Crippen molar-refractivity contribution in [3.05, 3.63) is 24.3 Å². The Balaban J connectivity index is 2.86. The average molecular weight is 300 g/mol. The van der Waals surface area contributed by atoms with E-state index in [4.69, 9.17) is 10.5 Å². The molecule has 0 aliphatic heterocycles. The third kappa shape index (κ3) is 4.47. The van der Waals surface area contributed by atoms with Gasteiger partial charge in [-0.15, -0.1) is 0 Å². The summed E-state index contributed by atoms with van der Waals surface area (Å²) in [5.74, 6) is 0.542. The second-order valence-corrected chi connectivity index (χ2v) is 6.57. The van der Waals surface area contributed by atoms with E-state index in [1.165, 1.54) is 6.07 Å². The third-order valence-corrected chi connectivity index (χ3v) is 4.85. The van der Waals surface area contributed by atoms with Gasteiger partial charge in [0.25, 0.3) is 0 Å². The van der Waals surface area contributed by atoms with Gasteiger partial charge in [-0.2, -0.15) is 0 Å². The van der Waals surface area contributed by atoms with Crippen molar-refractivity contribution < 1.29 is 13.2 Å². The van der Waals surface area contributed by atoms with Crippen LogP contribution in [0, 0.1) is 0 Å². The van der Waals surface area contributed by atoms with Crippen LogP contribution in [-0.4, -0.2) is 27.1 Å². The number of nitrogens with two attached hydrogens (primary N) is 1. The lowest BCUT2D eigenvalue weighted by Crippen LogP contribution is -2.49. The Kier molecular flexibility index (Phi) is 5.98. The SMILES string of the molecule is CCOc1cccc(S(=O)(=O)NCC(N)(CC)CC)c1. The van der Waals surface area contributed by atoms with Gasteiger partial charge in [0.2, 0.25) is 10.0 Å². The molecule has 0 aliphatic carbocycles. The van der Waals surface area contributed by atoms with Crippen LogP contribution in [0.15, 0.2) is 29.2 Å². The molecule has 0 saturated carbocycles. The molecule has 0 unspecified atom stereocenters. The van der Waals surface area contributed by atoms with Crippen LogP contribution in [0.4, 0.5) is 0 Å². The summed E-state index contributed by atoms with van der Waals surface area (Å²) < 4.78 is 32.4. The Morgan fingerprint density at radius 2 is 1.90 bits per heavy atom. The topological polar surface area (TPSA) is 81.4 Å². The third-order valence-electron chi connectivity index (χ3n) is 3.45. The van der Waals surface area contributed by atoms with Gasteiger partial charge in [-0.05, 0) is 31.9 Å². The van der Waals surface area contributed by atoms with Crippen molar-refractivity contribution in [3.63, 3.8) is 0 Å². The van der Waals surface area contributed by atoms with Gasteiger partial charge in [0, 0.05) is 18.2 Å². The highest BCUT2D eigenvalue weighted by Crippen LogP contribution is 2.18. The molecular formula is C14H24N2O3S. The van der Waals surface area contributed by atoms with Crippen LogP contribution in [-0.2, 0) is 10.0 Å². The second-order valence-electron chi connectivity index (χ2n) is 4.80. The lowest BCUT2D eigenvalue weighted by Gasteiger charge is -2.26. The van der Waals surface area contributed by atoms with Crippen LogP contribution in [0.3, 0.4) is 0 Å². The van der Waals surface area contributed by atoms with Gasteiger partial charge in [0.05, 0.1) is 11.5 Å². The fraction of sp³-hybridized carbons (Fsp3) is 0.571. The Labute approximate surface area is 121 Å². The smallest absolute Gasteiger partial charge is 0.240 e. The Bertz CT molecular complexity index is 525. The number of sulfonamides is 1. The molecule has 1 aromatic rings. The summed E-state index contributed by atoms with van der Waals surface area (Å²) in [6, 6.07) is 6.45. The van der Waals surface area contributed by atoms with Crippen molar-refractivity contribution in [1.82, 2.24) is 4.72 Å². The first-order chi connectivity index (χ1) is 9.37. The predicted octanol–water partition coefficient (Wildman–Crippen LogP) is 1.88. The molecule has 0 aliphatic rings. The first-order valence-corrected chi connectivity index (χ1v) is 8.36. The van der Waals surface area contributed by atoms with Crippen LogP contribution in [0.5, 0.6) is 5.75 Å². The van der Waals surface area contributed by atoms with Gasteiger partial charge in [-0.3, -0.25) is 0 Å². The van der Waals surface area contributed by atoms with E-state index < -0.39 is 15.6 Å². The largest absolute Gasteiger partial charge is 0.494 e. The van der Waals surface area contributed by atoms with Crippen molar-refractivity contribution in [1.29, 1.82) is 0 Å². The monoisotopic (exact) mass is 300 g/mol. The number of hydrogen-bond acceptors (Lipinski definition) is 4. The average Bonchev–Trinajstić information content (AvgIpc) is 2.45. The molecular weight excluding hydrogens is 276 g/mol. The van der Waals surface area contributed by atoms with E-state index in [1.807, 2.05) is 20.8 Å². The molecule has 0 heterocycles. The minimum Gasteiger partial charge on any atom is -0.494 e. The van der Waals surface area contributed by atoms with Gasteiger partial charge in [-0.1, -0.05) is 19.9 Å². The molecule has 1 aromatic carbocycles. The molecule has 0 amide bonds. The number of rotatable bonds is 8. The van der Waals surface area contributed by atoms with Crippen molar-refractivity contribution in [3.8, 4) is 5.75 Å². The first kappa shape index (κ1) is 16.9. The highest BCUT2D eigenvalue weighted by Gasteiger charge is 2.24. The van der Waals surface area contributed by atoms with Crippen LogP contribution in [0.2, 0.25) is 0 Å². The maximum atomic E-state index is 12.2. The second kappa shape index (κ2) is 7.06. The van der Waals surface area contributed by atoms with Crippen molar-refractivity contribution in [2.75, 3.05) is 13.2 Å². The first-order valence-electron chi connectivity index (χ1n) is 6.88. The number of ether oxygens (including phenoxy) is 1. The zero-order chi connectivity index (χ0) is 15.2. The Hall–Kier alpha value is -1.11. The van der Waals surface area contributed by atoms with Crippen LogP contribution in [0.1, 0.15) is 33.6 Å². The molecule has 5 nitrogen and oxygen atoms in total. The van der Waals surface area contributed by atoms with E-state index in [0.29, 0.717) is 25.2 Å². The maximum absolute atomic E-state index is 12.2. The van der Waals surface area contributed by atoms with Crippen LogP contribution < -0.4 is 15.2 Å². The normalized spacial score (nSPS) is 12.4. The zero-order valence-electron chi connectivity index (χ0n) is 12.3. The lowest BCUT2D eigenvalue weighted by molar-refractivity contribution is 0.339. The molecule has 6 heteroatoms. The summed E-state index contributed by atoms with van der Waals surface area (Å²) in [7, 11) is -3.56. The fourth-order valence-corrected chi connectivity index (χ4v) is 2.89. The van der Waals surface area contributed by atoms with E-state index in [9.17, 15) is 8.42 Å². The highest BCUT2D eigenvalue weighted by molar-refractivity contribution is 7.89. The van der Waals surface area contributed by atoms with Gasteiger partial charge < -0.3 is 10.5 Å². The number of benzene rings is 1. The van der Waals surface area contributed by atoms with E-state index in [1.54, 1.807) is 18.2 Å². The van der Waals surface area contributed by atoms with Crippen LogP contribution >= 0.6 is 0 Å².